The first-order valence-electron chi connectivity index (χ1n) is 7.69. The largest absolute Gasteiger partial charge is 0.302 e. The minimum atomic E-state index is -0.0293. The number of aryl methyl sites for hydroxylation is 2. The Morgan fingerprint density at radius 3 is 2.54 bits per heavy atom. The fourth-order valence-corrected chi connectivity index (χ4v) is 3.38. The number of hydrogen-bond acceptors (Lipinski definition) is 3. The molecule has 0 atom stereocenters. The summed E-state index contributed by atoms with van der Waals surface area (Å²) in [5.74, 6) is -0.0293. The summed E-state index contributed by atoms with van der Waals surface area (Å²) in [6.45, 7) is 2.02. The highest BCUT2D eigenvalue weighted by Gasteiger charge is 2.12. The number of anilines is 1. The van der Waals surface area contributed by atoms with Crippen molar-refractivity contribution in [3.63, 3.8) is 0 Å². The van der Waals surface area contributed by atoms with Crippen LogP contribution < -0.4 is 5.32 Å². The van der Waals surface area contributed by atoms with Gasteiger partial charge < -0.3 is 5.32 Å². The smallest absolute Gasteiger partial charge is 0.226 e. The molecule has 0 aliphatic carbocycles. The van der Waals surface area contributed by atoms with Crippen molar-refractivity contribution in [1.82, 2.24) is 4.98 Å². The van der Waals surface area contributed by atoms with E-state index in [4.69, 9.17) is 11.6 Å². The van der Waals surface area contributed by atoms with Crippen LogP contribution in [0.2, 0.25) is 5.02 Å². The Hall–Kier alpha value is -2.17. The van der Waals surface area contributed by atoms with Crippen LogP contribution in [0.25, 0.3) is 11.3 Å². The van der Waals surface area contributed by atoms with Gasteiger partial charge in [-0.1, -0.05) is 54.1 Å². The zero-order valence-electron chi connectivity index (χ0n) is 13.3. The van der Waals surface area contributed by atoms with E-state index in [1.807, 2.05) is 61.5 Å². The third kappa shape index (κ3) is 4.22. The number of nitrogens with one attached hydrogen (secondary N) is 1. The van der Waals surface area contributed by atoms with Crippen molar-refractivity contribution in [1.29, 1.82) is 0 Å². The van der Waals surface area contributed by atoms with Gasteiger partial charge in [0.25, 0.3) is 0 Å². The Bertz CT molecular complexity index is 828. The van der Waals surface area contributed by atoms with Gasteiger partial charge in [-0.2, -0.15) is 0 Å². The summed E-state index contributed by atoms with van der Waals surface area (Å²) in [4.78, 5) is 17.8. The maximum atomic E-state index is 12.1. The average molecular weight is 357 g/mol. The van der Waals surface area contributed by atoms with Crippen LogP contribution in [0.15, 0.2) is 54.6 Å². The van der Waals surface area contributed by atoms with Crippen LogP contribution in [0.1, 0.15) is 16.9 Å². The van der Waals surface area contributed by atoms with Crippen LogP contribution in [0.3, 0.4) is 0 Å². The molecule has 0 unspecified atom stereocenters. The molecular formula is C19H17ClN2OS. The molecule has 122 valence electrons. The Morgan fingerprint density at radius 2 is 1.83 bits per heavy atom. The van der Waals surface area contributed by atoms with Gasteiger partial charge in [-0.3, -0.25) is 4.79 Å². The second-order valence-electron chi connectivity index (χ2n) is 5.46. The molecule has 0 aliphatic heterocycles. The van der Waals surface area contributed by atoms with Crippen LogP contribution >= 0.6 is 22.9 Å². The molecule has 0 saturated heterocycles. The van der Waals surface area contributed by atoms with Crippen LogP contribution in [0.5, 0.6) is 0 Å². The summed E-state index contributed by atoms with van der Waals surface area (Å²) in [5.41, 5.74) is 3.08. The lowest BCUT2D eigenvalue weighted by Gasteiger charge is -2.02. The maximum Gasteiger partial charge on any atom is 0.226 e. The molecule has 0 spiro atoms. The average Bonchev–Trinajstić information content (AvgIpc) is 2.95. The highest BCUT2D eigenvalue weighted by atomic mass is 35.5. The molecular weight excluding hydrogens is 340 g/mol. The molecule has 5 heteroatoms. The van der Waals surface area contributed by atoms with E-state index < -0.39 is 0 Å². The predicted molar refractivity (Wildman–Crippen MR) is 101 cm³/mol. The van der Waals surface area contributed by atoms with Crippen molar-refractivity contribution in [2.75, 3.05) is 5.32 Å². The molecule has 0 bridgehead atoms. The minimum absolute atomic E-state index is 0.0293. The molecule has 3 aromatic rings. The number of thiazole rings is 1. The van der Waals surface area contributed by atoms with E-state index in [9.17, 15) is 4.79 Å². The fourth-order valence-electron chi connectivity index (χ4n) is 2.40. The predicted octanol–water partition coefficient (Wildman–Crippen LogP) is 5.34. The lowest BCUT2D eigenvalue weighted by molar-refractivity contribution is -0.116. The molecule has 1 N–H and O–H groups in total. The van der Waals surface area contributed by atoms with Gasteiger partial charge in [0, 0.05) is 21.9 Å². The topological polar surface area (TPSA) is 42.0 Å². The normalized spacial score (nSPS) is 10.6. The van der Waals surface area contributed by atoms with Gasteiger partial charge in [0.2, 0.25) is 5.91 Å². The van der Waals surface area contributed by atoms with Crippen molar-refractivity contribution in [2.24, 2.45) is 0 Å². The monoisotopic (exact) mass is 356 g/mol. The number of rotatable bonds is 5. The van der Waals surface area contributed by atoms with Crippen LogP contribution in [0.4, 0.5) is 5.13 Å². The molecule has 1 aromatic heterocycles. The van der Waals surface area contributed by atoms with Gasteiger partial charge in [-0.15, -0.1) is 11.3 Å². The summed E-state index contributed by atoms with van der Waals surface area (Å²) in [6, 6.07) is 17.5. The van der Waals surface area contributed by atoms with Crippen LogP contribution in [0, 0.1) is 6.92 Å². The molecule has 2 aromatic carbocycles. The number of hydrogen-bond donors (Lipinski definition) is 1. The number of halogens is 1. The zero-order valence-corrected chi connectivity index (χ0v) is 14.8. The molecule has 1 heterocycles. The van der Waals surface area contributed by atoms with E-state index in [1.54, 1.807) is 0 Å². The Morgan fingerprint density at radius 1 is 1.12 bits per heavy atom. The number of aromatic nitrogens is 1. The summed E-state index contributed by atoms with van der Waals surface area (Å²) >= 11 is 7.36. The van der Waals surface area contributed by atoms with Crippen molar-refractivity contribution in [2.45, 2.75) is 19.8 Å². The number of amides is 1. The van der Waals surface area contributed by atoms with Crippen molar-refractivity contribution >= 4 is 34.0 Å². The minimum Gasteiger partial charge on any atom is -0.302 e. The van der Waals surface area contributed by atoms with Crippen LogP contribution in [-0.2, 0) is 11.2 Å². The Kier molecular flexibility index (Phi) is 5.28. The van der Waals surface area contributed by atoms with E-state index in [1.165, 1.54) is 11.3 Å². The van der Waals surface area contributed by atoms with E-state index >= 15 is 0 Å². The van der Waals surface area contributed by atoms with E-state index in [0.717, 1.165) is 21.7 Å². The molecule has 3 nitrogen and oxygen atoms in total. The van der Waals surface area contributed by atoms with Gasteiger partial charge in [0.05, 0.1) is 5.69 Å². The third-order valence-corrected chi connectivity index (χ3v) is 4.78. The fraction of sp³-hybridized carbons (Fsp3) is 0.158. The summed E-state index contributed by atoms with van der Waals surface area (Å²) < 4.78 is 0. The third-order valence-electron chi connectivity index (χ3n) is 3.64. The number of nitrogens with zero attached hydrogens (tertiary/aromatic N) is 1. The van der Waals surface area contributed by atoms with Gasteiger partial charge in [-0.25, -0.2) is 4.98 Å². The SMILES string of the molecule is Cc1sc(NC(=O)CCc2ccc(Cl)cc2)nc1-c1ccccc1. The van der Waals surface area contributed by atoms with Gasteiger partial charge >= 0.3 is 0 Å². The highest BCUT2D eigenvalue weighted by molar-refractivity contribution is 7.16. The van der Waals surface area contributed by atoms with E-state index in [2.05, 4.69) is 10.3 Å². The first-order valence-corrected chi connectivity index (χ1v) is 8.88. The van der Waals surface area contributed by atoms with E-state index in [0.29, 0.717) is 23.0 Å². The van der Waals surface area contributed by atoms with Crippen LogP contribution in [-0.4, -0.2) is 10.9 Å². The Balaban J connectivity index is 1.61. The molecule has 0 saturated carbocycles. The first kappa shape index (κ1) is 16.7. The van der Waals surface area contributed by atoms with Crippen molar-refractivity contribution < 1.29 is 4.79 Å². The first-order chi connectivity index (χ1) is 11.6. The second-order valence-corrected chi connectivity index (χ2v) is 7.10. The number of carbonyl (C=O) groups is 1. The lowest BCUT2D eigenvalue weighted by atomic mass is 10.1. The second kappa shape index (κ2) is 7.60. The van der Waals surface area contributed by atoms with Gasteiger partial charge in [0.1, 0.15) is 0 Å². The molecule has 0 aliphatic rings. The lowest BCUT2D eigenvalue weighted by Crippen LogP contribution is -2.12. The summed E-state index contributed by atoms with van der Waals surface area (Å²) in [6.07, 6.45) is 1.10. The Labute approximate surface area is 150 Å². The van der Waals surface area contributed by atoms with Gasteiger partial charge in [0.15, 0.2) is 5.13 Å². The molecule has 0 fully saturated rings. The van der Waals surface area contributed by atoms with Crippen molar-refractivity contribution in [3.8, 4) is 11.3 Å². The van der Waals surface area contributed by atoms with Crippen molar-refractivity contribution in [3.05, 3.63) is 70.1 Å². The van der Waals surface area contributed by atoms with E-state index in [-0.39, 0.29) is 5.91 Å². The molecule has 24 heavy (non-hydrogen) atoms. The molecule has 0 radical (unpaired) electrons. The standard InChI is InChI=1S/C19H17ClN2OS/c1-13-18(15-5-3-2-4-6-15)22-19(24-13)21-17(23)12-9-14-7-10-16(20)11-8-14/h2-8,10-11H,9,12H2,1H3,(H,21,22,23). The molecule has 3 rings (SSSR count). The highest BCUT2D eigenvalue weighted by Crippen LogP contribution is 2.30. The van der Waals surface area contributed by atoms with Gasteiger partial charge in [-0.05, 0) is 31.0 Å². The number of benzene rings is 2. The number of carbonyl (C=O) groups excluding carboxylic acids is 1. The zero-order chi connectivity index (χ0) is 16.9. The quantitative estimate of drug-likeness (QED) is 0.670. The summed E-state index contributed by atoms with van der Waals surface area (Å²) in [7, 11) is 0. The summed E-state index contributed by atoms with van der Waals surface area (Å²) in [5, 5.41) is 4.25. The maximum absolute atomic E-state index is 12.1. The molecule has 1 amide bonds.